The average molecular weight is 422 g/mol. The topological polar surface area (TPSA) is 33.0 Å². The molecule has 0 saturated heterocycles. The van der Waals surface area contributed by atoms with Crippen molar-refractivity contribution in [2.75, 3.05) is 0 Å². The molecule has 0 spiro atoms. The normalized spacial score (nSPS) is 11.1. The highest BCUT2D eigenvalue weighted by Crippen LogP contribution is 2.28. The number of allylic oxidation sites excluding steroid dienone is 1. The number of benzene rings is 3. The van der Waals surface area contributed by atoms with Gasteiger partial charge in [-0.2, -0.15) is 5.26 Å². The van der Waals surface area contributed by atoms with Gasteiger partial charge < -0.3 is 4.74 Å². The van der Waals surface area contributed by atoms with E-state index in [9.17, 15) is 9.65 Å². The molecule has 27 heavy (non-hydrogen) atoms. The van der Waals surface area contributed by atoms with Crippen LogP contribution < -0.4 is 4.74 Å². The van der Waals surface area contributed by atoms with E-state index in [0.29, 0.717) is 17.9 Å². The van der Waals surface area contributed by atoms with Crippen LogP contribution in [0.5, 0.6) is 5.75 Å². The summed E-state index contributed by atoms with van der Waals surface area (Å²) in [5.74, 6) is 0.380. The molecule has 0 aliphatic rings. The number of aryl methyl sites for hydroxylation is 1. The molecule has 0 N–H and O–H groups in total. The van der Waals surface area contributed by atoms with Gasteiger partial charge in [-0.15, -0.1) is 0 Å². The molecule has 3 rings (SSSR count). The van der Waals surface area contributed by atoms with E-state index in [0.717, 1.165) is 26.7 Å². The minimum absolute atomic E-state index is 0.275. The molecule has 4 heteroatoms. The summed E-state index contributed by atoms with van der Waals surface area (Å²) in [7, 11) is 0. The van der Waals surface area contributed by atoms with Gasteiger partial charge in [-0.1, -0.05) is 57.9 Å². The zero-order valence-electron chi connectivity index (χ0n) is 14.7. The second-order valence-corrected chi connectivity index (χ2v) is 7.05. The van der Waals surface area contributed by atoms with E-state index in [1.54, 1.807) is 12.1 Å². The smallest absolute Gasteiger partial charge is 0.127 e. The highest BCUT2D eigenvalue weighted by molar-refractivity contribution is 9.10. The Balaban J connectivity index is 1.89. The molecule has 0 amide bonds. The van der Waals surface area contributed by atoms with Gasteiger partial charge in [0.15, 0.2) is 0 Å². The van der Waals surface area contributed by atoms with E-state index in [-0.39, 0.29) is 5.82 Å². The minimum atomic E-state index is -0.275. The lowest BCUT2D eigenvalue weighted by molar-refractivity contribution is 0.305. The molecule has 3 aromatic rings. The minimum Gasteiger partial charge on any atom is -0.488 e. The van der Waals surface area contributed by atoms with Gasteiger partial charge in [-0.25, -0.2) is 4.39 Å². The van der Waals surface area contributed by atoms with Crippen LogP contribution in [0, 0.1) is 24.1 Å². The monoisotopic (exact) mass is 421 g/mol. The maximum atomic E-state index is 13.0. The largest absolute Gasteiger partial charge is 0.488 e. The molecule has 0 saturated carbocycles. The van der Waals surface area contributed by atoms with E-state index >= 15 is 0 Å². The number of nitrogens with zero attached hydrogens (tertiary/aromatic N) is 1. The first-order chi connectivity index (χ1) is 13.0. The van der Waals surface area contributed by atoms with Crippen molar-refractivity contribution in [1.29, 1.82) is 5.26 Å². The predicted octanol–water partition coefficient (Wildman–Crippen LogP) is 6.54. The number of hydrogen-bond acceptors (Lipinski definition) is 2. The van der Waals surface area contributed by atoms with E-state index in [1.165, 1.54) is 12.1 Å². The van der Waals surface area contributed by atoms with Crippen LogP contribution >= 0.6 is 15.9 Å². The Morgan fingerprint density at radius 2 is 1.78 bits per heavy atom. The summed E-state index contributed by atoms with van der Waals surface area (Å²) < 4.78 is 19.9. The molecule has 3 aromatic carbocycles. The van der Waals surface area contributed by atoms with Gasteiger partial charge in [0.25, 0.3) is 0 Å². The molecule has 0 aliphatic heterocycles. The second-order valence-electron chi connectivity index (χ2n) is 6.13. The van der Waals surface area contributed by atoms with E-state index in [2.05, 4.69) is 22.0 Å². The number of halogens is 2. The summed E-state index contributed by atoms with van der Waals surface area (Å²) in [5, 5.41) is 9.60. The van der Waals surface area contributed by atoms with Crippen molar-refractivity contribution in [3.63, 3.8) is 0 Å². The average Bonchev–Trinajstić information content (AvgIpc) is 2.67. The van der Waals surface area contributed by atoms with Crippen molar-refractivity contribution in [1.82, 2.24) is 0 Å². The SMILES string of the molecule is Cc1ccc(/C(C#N)=C\c2cc(Br)ccc2OCc2ccc(F)cc2)cc1. The summed E-state index contributed by atoms with van der Waals surface area (Å²) in [6.07, 6.45) is 1.81. The number of rotatable bonds is 5. The second kappa shape index (κ2) is 8.66. The van der Waals surface area contributed by atoms with Crippen LogP contribution in [0.2, 0.25) is 0 Å². The van der Waals surface area contributed by atoms with Crippen LogP contribution in [-0.4, -0.2) is 0 Å². The molecular formula is C23H17BrFNO. The third-order valence-electron chi connectivity index (χ3n) is 4.06. The molecule has 0 aliphatic carbocycles. The van der Waals surface area contributed by atoms with Crippen molar-refractivity contribution in [3.05, 3.63) is 99.3 Å². The van der Waals surface area contributed by atoms with Gasteiger partial charge in [0.1, 0.15) is 18.2 Å². The van der Waals surface area contributed by atoms with Gasteiger partial charge in [0, 0.05) is 10.0 Å². The Bertz CT molecular complexity index is 1000. The highest BCUT2D eigenvalue weighted by Gasteiger charge is 2.07. The summed E-state index contributed by atoms with van der Waals surface area (Å²) in [6.45, 7) is 2.32. The summed E-state index contributed by atoms with van der Waals surface area (Å²) >= 11 is 3.47. The van der Waals surface area contributed by atoms with Crippen LogP contribution in [0.3, 0.4) is 0 Å². The Hall–Kier alpha value is -2.90. The summed E-state index contributed by atoms with van der Waals surface area (Å²) in [4.78, 5) is 0. The van der Waals surface area contributed by atoms with Crippen LogP contribution in [0.25, 0.3) is 11.6 Å². The molecule has 2 nitrogen and oxygen atoms in total. The van der Waals surface area contributed by atoms with Gasteiger partial charge in [-0.05, 0) is 54.5 Å². The molecular weight excluding hydrogens is 405 g/mol. The lowest BCUT2D eigenvalue weighted by Crippen LogP contribution is -1.97. The van der Waals surface area contributed by atoms with Crippen LogP contribution in [0.15, 0.2) is 71.2 Å². The lowest BCUT2D eigenvalue weighted by Gasteiger charge is -2.11. The van der Waals surface area contributed by atoms with Crippen molar-refractivity contribution < 1.29 is 9.13 Å². The van der Waals surface area contributed by atoms with Crippen LogP contribution in [0.4, 0.5) is 4.39 Å². The van der Waals surface area contributed by atoms with Crippen molar-refractivity contribution in [3.8, 4) is 11.8 Å². The van der Waals surface area contributed by atoms with E-state index in [1.807, 2.05) is 55.5 Å². The molecule has 0 fully saturated rings. The summed E-state index contributed by atoms with van der Waals surface area (Å²) in [6, 6.07) is 21.9. The predicted molar refractivity (Wildman–Crippen MR) is 110 cm³/mol. The molecule has 0 heterocycles. The van der Waals surface area contributed by atoms with E-state index < -0.39 is 0 Å². The first-order valence-corrected chi connectivity index (χ1v) is 9.20. The Morgan fingerprint density at radius 1 is 1.07 bits per heavy atom. The molecule has 0 aromatic heterocycles. The third kappa shape index (κ3) is 5.06. The molecule has 134 valence electrons. The zero-order valence-corrected chi connectivity index (χ0v) is 16.3. The molecule has 0 atom stereocenters. The third-order valence-corrected chi connectivity index (χ3v) is 4.56. The van der Waals surface area contributed by atoms with Crippen LogP contribution in [0.1, 0.15) is 22.3 Å². The van der Waals surface area contributed by atoms with Gasteiger partial charge in [0.05, 0.1) is 11.6 Å². The van der Waals surface area contributed by atoms with E-state index in [4.69, 9.17) is 4.74 Å². The fourth-order valence-corrected chi connectivity index (χ4v) is 2.95. The first-order valence-electron chi connectivity index (χ1n) is 8.41. The van der Waals surface area contributed by atoms with Crippen molar-refractivity contribution >= 4 is 27.6 Å². The number of nitriles is 1. The number of hydrogen-bond donors (Lipinski definition) is 0. The van der Waals surface area contributed by atoms with Gasteiger partial charge >= 0.3 is 0 Å². The van der Waals surface area contributed by atoms with Crippen LogP contribution in [-0.2, 0) is 6.61 Å². The zero-order chi connectivity index (χ0) is 19.2. The molecule has 0 unspecified atom stereocenters. The van der Waals surface area contributed by atoms with Gasteiger partial charge in [0.2, 0.25) is 0 Å². The fourth-order valence-electron chi connectivity index (χ4n) is 2.57. The standard InChI is InChI=1S/C23H17BrFNO/c1-16-2-6-18(7-3-16)20(14-26)12-19-13-21(24)8-11-23(19)27-15-17-4-9-22(25)10-5-17/h2-13H,15H2,1H3/b20-12-. The van der Waals surface area contributed by atoms with Crippen molar-refractivity contribution in [2.45, 2.75) is 13.5 Å². The maximum absolute atomic E-state index is 13.0. The fraction of sp³-hybridized carbons (Fsp3) is 0.0870. The number of ether oxygens (including phenoxy) is 1. The summed E-state index contributed by atoms with van der Waals surface area (Å²) in [5.41, 5.74) is 4.21. The molecule has 0 radical (unpaired) electrons. The quantitative estimate of drug-likeness (QED) is 0.346. The van der Waals surface area contributed by atoms with Crippen molar-refractivity contribution in [2.24, 2.45) is 0 Å². The Morgan fingerprint density at radius 3 is 2.44 bits per heavy atom. The van der Waals surface area contributed by atoms with Gasteiger partial charge in [-0.3, -0.25) is 0 Å². The molecule has 0 bridgehead atoms. The lowest BCUT2D eigenvalue weighted by atomic mass is 10.0. The Kier molecular flexibility index (Phi) is 6.05. The maximum Gasteiger partial charge on any atom is 0.127 e. The Labute approximate surface area is 166 Å². The highest BCUT2D eigenvalue weighted by atomic mass is 79.9. The first kappa shape index (κ1) is 18.9.